The van der Waals surface area contributed by atoms with Crippen molar-refractivity contribution < 1.29 is 14.6 Å². The molecule has 22 heavy (non-hydrogen) atoms. The highest BCUT2D eigenvalue weighted by atomic mass is 16.5. The molecule has 0 fully saturated rings. The van der Waals surface area contributed by atoms with Crippen molar-refractivity contribution in [3.63, 3.8) is 0 Å². The predicted octanol–water partition coefficient (Wildman–Crippen LogP) is 2.88. The lowest BCUT2D eigenvalue weighted by Gasteiger charge is -2.08. The maximum absolute atomic E-state index is 12.1. The van der Waals surface area contributed by atoms with E-state index in [1.807, 2.05) is 24.3 Å². The molecule has 0 atom stereocenters. The molecule has 0 aliphatic heterocycles. The van der Waals surface area contributed by atoms with Crippen molar-refractivity contribution in [2.24, 2.45) is 0 Å². The first-order valence-electron chi connectivity index (χ1n) is 7.65. The van der Waals surface area contributed by atoms with E-state index in [0.717, 1.165) is 36.2 Å². The van der Waals surface area contributed by atoms with Crippen LogP contribution in [0.15, 0.2) is 30.3 Å². The quantitative estimate of drug-likeness (QED) is 0.799. The number of benzene rings is 1. The first-order chi connectivity index (χ1) is 10.7. The number of aromatic nitrogens is 2. The third kappa shape index (κ3) is 3.74. The van der Waals surface area contributed by atoms with Gasteiger partial charge in [-0.05, 0) is 43.5 Å². The van der Waals surface area contributed by atoms with E-state index in [2.05, 4.69) is 12.0 Å². The van der Waals surface area contributed by atoms with Crippen molar-refractivity contribution in [3.05, 3.63) is 47.3 Å². The number of ether oxygens (including phenoxy) is 1. The summed E-state index contributed by atoms with van der Waals surface area (Å²) in [5.41, 5.74) is 2.82. The van der Waals surface area contributed by atoms with E-state index in [1.165, 1.54) is 0 Å². The van der Waals surface area contributed by atoms with E-state index in [0.29, 0.717) is 12.3 Å². The topological polar surface area (TPSA) is 64.3 Å². The maximum Gasteiger partial charge on any atom is 0.357 e. The Balaban J connectivity index is 2.42. The van der Waals surface area contributed by atoms with E-state index < -0.39 is 0 Å². The molecule has 2 aromatic rings. The summed E-state index contributed by atoms with van der Waals surface area (Å²) in [7, 11) is 0. The molecular weight excluding hydrogens is 280 g/mol. The van der Waals surface area contributed by atoms with E-state index in [9.17, 15) is 9.90 Å². The Bertz CT molecular complexity index is 635. The van der Waals surface area contributed by atoms with Gasteiger partial charge in [0, 0.05) is 0 Å². The van der Waals surface area contributed by atoms with Crippen LogP contribution in [0, 0.1) is 0 Å². The average molecular weight is 302 g/mol. The molecule has 0 radical (unpaired) electrons. The Morgan fingerprint density at radius 2 is 2.14 bits per heavy atom. The van der Waals surface area contributed by atoms with Crippen LogP contribution in [0.5, 0.6) is 0 Å². The zero-order valence-corrected chi connectivity index (χ0v) is 13.1. The first kappa shape index (κ1) is 16.2. The van der Waals surface area contributed by atoms with Gasteiger partial charge in [0.2, 0.25) is 0 Å². The highest BCUT2D eigenvalue weighted by Crippen LogP contribution is 2.17. The molecule has 1 aromatic heterocycles. The highest BCUT2D eigenvalue weighted by molar-refractivity contribution is 5.88. The van der Waals surface area contributed by atoms with Crippen LogP contribution < -0.4 is 0 Å². The number of aliphatic hydroxyl groups excluding tert-OH is 1. The third-order valence-corrected chi connectivity index (χ3v) is 3.37. The average Bonchev–Trinajstić information content (AvgIpc) is 2.97. The van der Waals surface area contributed by atoms with Crippen molar-refractivity contribution in [2.75, 3.05) is 6.61 Å². The van der Waals surface area contributed by atoms with E-state index in [4.69, 9.17) is 4.74 Å². The minimum atomic E-state index is -0.382. The summed E-state index contributed by atoms with van der Waals surface area (Å²) in [4.78, 5) is 12.1. The Morgan fingerprint density at radius 3 is 2.82 bits per heavy atom. The molecule has 5 heteroatoms. The first-order valence-corrected chi connectivity index (χ1v) is 7.65. The number of hydrogen-bond donors (Lipinski definition) is 1. The smallest absolute Gasteiger partial charge is 0.357 e. The van der Waals surface area contributed by atoms with Crippen molar-refractivity contribution >= 4 is 5.97 Å². The molecule has 0 saturated carbocycles. The number of hydrogen-bond acceptors (Lipinski definition) is 4. The fourth-order valence-corrected chi connectivity index (χ4v) is 2.24. The van der Waals surface area contributed by atoms with Crippen LogP contribution in [0.25, 0.3) is 5.69 Å². The largest absolute Gasteiger partial charge is 0.461 e. The van der Waals surface area contributed by atoms with Crippen molar-refractivity contribution in [2.45, 2.75) is 39.7 Å². The molecule has 1 heterocycles. The fraction of sp³-hybridized carbons (Fsp3) is 0.412. The van der Waals surface area contributed by atoms with Gasteiger partial charge in [-0.3, -0.25) is 0 Å². The molecule has 118 valence electrons. The molecule has 5 nitrogen and oxygen atoms in total. The molecule has 0 spiro atoms. The van der Waals surface area contributed by atoms with Crippen molar-refractivity contribution in [3.8, 4) is 5.69 Å². The molecule has 0 saturated heterocycles. The monoisotopic (exact) mass is 302 g/mol. The summed E-state index contributed by atoms with van der Waals surface area (Å²) < 4.78 is 6.71. The predicted molar refractivity (Wildman–Crippen MR) is 84.1 cm³/mol. The molecule has 1 aromatic carbocycles. The van der Waals surface area contributed by atoms with E-state index >= 15 is 0 Å². The SMILES string of the molecule is CCCCc1cc(C(=O)OCC)n(-c2cccc(CO)c2)n1. The number of rotatable bonds is 7. The van der Waals surface area contributed by atoms with Crippen molar-refractivity contribution in [1.82, 2.24) is 9.78 Å². The van der Waals surface area contributed by atoms with Crippen LogP contribution >= 0.6 is 0 Å². The lowest BCUT2D eigenvalue weighted by atomic mass is 10.2. The zero-order chi connectivity index (χ0) is 15.9. The molecule has 0 unspecified atom stereocenters. The van der Waals surface area contributed by atoms with Crippen molar-refractivity contribution in [1.29, 1.82) is 0 Å². The Morgan fingerprint density at radius 1 is 1.32 bits per heavy atom. The van der Waals surface area contributed by atoms with Crippen LogP contribution in [0.1, 0.15) is 48.4 Å². The van der Waals surface area contributed by atoms with Gasteiger partial charge < -0.3 is 9.84 Å². The summed E-state index contributed by atoms with van der Waals surface area (Å²) in [6.07, 6.45) is 2.92. The van der Waals surface area contributed by atoms with Crippen LogP contribution in [0.4, 0.5) is 0 Å². The van der Waals surface area contributed by atoms with Gasteiger partial charge in [-0.2, -0.15) is 5.10 Å². The summed E-state index contributed by atoms with van der Waals surface area (Å²) in [6, 6.07) is 9.13. The second-order valence-corrected chi connectivity index (χ2v) is 5.08. The van der Waals surface area contributed by atoms with Gasteiger partial charge in [-0.25, -0.2) is 9.48 Å². The summed E-state index contributed by atoms with van der Waals surface area (Å²) in [5, 5.41) is 13.8. The number of aryl methyl sites for hydroxylation is 1. The van der Waals surface area contributed by atoms with Crippen LogP contribution in [0.3, 0.4) is 0 Å². The van der Waals surface area contributed by atoms with Gasteiger partial charge in [-0.15, -0.1) is 0 Å². The molecule has 2 rings (SSSR count). The lowest BCUT2D eigenvalue weighted by Crippen LogP contribution is -2.12. The lowest BCUT2D eigenvalue weighted by molar-refractivity contribution is 0.0515. The van der Waals surface area contributed by atoms with Gasteiger partial charge in [0.25, 0.3) is 0 Å². The van der Waals surface area contributed by atoms with Gasteiger partial charge >= 0.3 is 5.97 Å². The minimum Gasteiger partial charge on any atom is -0.461 e. The third-order valence-electron chi connectivity index (χ3n) is 3.37. The minimum absolute atomic E-state index is 0.0491. The maximum atomic E-state index is 12.1. The Kier molecular flexibility index (Phi) is 5.72. The second-order valence-electron chi connectivity index (χ2n) is 5.08. The molecule has 1 N–H and O–H groups in total. The summed E-state index contributed by atoms with van der Waals surface area (Å²) in [6.45, 7) is 4.18. The second kappa shape index (κ2) is 7.75. The van der Waals surface area contributed by atoms with Crippen LogP contribution in [-0.2, 0) is 17.8 Å². The normalized spacial score (nSPS) is 10.7. The van der Waals surface area contributed by atoms with E-state index in [-0.39, 0.29) is 12.6 Å². The number of aliphatic hydroxyl groups is 1. The standard InChI is InChI=1S/C17H22N2O3/c1-3-5-8-14-11-16(17(21)22-4-2)19(18-14)15-9-6-7-13(10-15)12-20/h6-7,9-11,20H,3-5,8,12H2,1-2H3. The molecule has 0 bridgehead atoms. The van der Waals surface area contributed by atoms with Crippen LogP contribution in [-0.4, -0.2) is 27.5 Å². The number of carbonyl (C=O) groups excluding carboxylic acids is 1. The van der Waals surface area contributed by atoms with E-state index in [1.54, 1.807) is 17.7 Å². The molecule has 0 aliphatic rings. The van der Waals surface area contributed by atoms with Gasteiger partial charge in [0.15, 0.2) is 5.69 Å². The number of nitrogens with zero attached hydrogens (tertiary/aromatic N) is 2. The van der Waals surface area contributed by atoms with Crippen LogP contribution in [0.2, 0.25) is 0 Å². The number of carbonyl (C=O) groups is 1. The Hall–Kier alpha value is -2.14. The number of unbranched alkanes of at least 4 members (excludes halogenated alkanes) is 1. The Labute approximate surface area is 130 Å². The zero-order valence-electron chi connectivity index (χ0n) is 13.1. The highest BCUT2D eigenvalue weighted by Gasteiger charge is 2.17. The summed E-state index contributed by atoms with van der Waals surface area (Å²) in [5.74, 6) is -0.382. The number of esters is 1. The van der Waals surface area contributed by atoms with Gasteiger partial charge in [0.05, 0.1) is 24.6 Å². The van der Waals surface area contributed by atoms with Gasteiger partial charge in [0.1, 0.15) is 0 Å². The summed E-state index contributed by atoms with van der Waals surface area (Å²) >= 11 is 0. The molecule has 0 aliphatic carbocycles. The fourth-order valence-electron chi connectivity index (χ4n) is 2.24. The molecule has 0 amide bonds. The molecular formula is C17H22N2O3. The van der Waals surface area contributed by atoms with Gasteiger partial charge in [-0.1, -0.05) is 25.5 Å².